The van der Waals surface area contributed by atoms with Crippen LogP contribution < -0.4 is 5.56 Å². The average molecular weight is 283 g/mol. The van der Waals surface area contributed by atoms with Crippen molar-refractivity contribution in [2.45, 2.75) is 44.2 Å². The van der Waals surface area contributed by atoms with Crippen molar-refractivity contribution in [3.8, 4) is 5.75 Å². The van der Waals surface area contributed by atoms with E-state index in [0.717, 1.165) is 6.07 Å². The van der Waals surface area contributed by atoms with Gasteiger partial charge in [0.25, 0.3) is 5.56 Å². The molecule has 2 saturated heterocycles. The van der Waals surface area contributed by atoms with Gasteiger partial charge in [0.1, 0.15) is 24.1 Å². The molecular weight excluding hydrogens is 266 g/mol. The minimum atomic E-state index is -0.786. The number of aromatic nitrogens is 1. The number of fused-ring (bicyclic) bond motifs is 1. The van der Waals surface area contributed by atoms with Crippen LogP contribution in [0.25, 0.3) is 0 Å². The Balaban J connectivity index is 1.96. The molecule has 2 N–H and O–H groups in total. The molecule has 2 aliphatic heterocycles. The van der Waals surface area contributed by atoms with Crippen LogP contribution in [0.2, 0.25) is 0 Å². The third-order valence-electron chi connectivity index (χ3n) is 3.51. The summed E-state index contributed by atoms with van der Waals surface area (Å²) < 4.78 is 18.5. The van der Waals surface area contributed by atoms with E-state index in [1.165, 1.54) is 16.8 Å². The third kappa shape index (κ3) is 2.12. The van der Waals surface area contributed by atoms with Gasteiger partial charge in [-0.05, 0) is 19.9 Å². The minimum absolute atomic E-state index is 0.108. The molecule has 110 valence electrons. The van der Waals surface area contributed by atoms with Crippen LogP contribution in [0.5, 0.6) is 5.75 Å². The van der Waals surface area contributed by atoms with Gasteiger partial charge in [0.15, 0.2) is 12.0 Å². The van der Waals surface area contributed by atoms with Crippen LogP contribution in [-0.4, -0.2) is 45.5 Å². The van der Waals surface area contributed by atoms with Crippen molar-refractivity contribution in [1.29, 1.82) is 0 Å². The van der Waals surface area contributed by atoms with E-state index < -0.39 is 35.9 Å². The lowest BCUT2D eigenvalue weighted by molar-refractivity contribution is -0.200. The Labute approximate surface area is 115 Å². The van der Waals surface area contributed by atoms with Gasteiger partial charge >= 0.3 is 0 Å². The minimum Gasteiger partial charge on any atom is -0.508 e. The Morgan fingerprint density at radius 2 is 2.05 bits per heavy atom. The molecule has 2 fully saturated rings. The second-order valence-corrected chi connectivity index (χ2v) is 5.44. The molecule has 0 radical (unpaired) electrons. The molecule has 4 atom stereocenters. The SMILES string of the molecule is CC1(C)O[C@@H]2[C@H](O1)[C@@H](CO)O[C@H]2n1ccc(O)cc1=O. The summed E-state index contributed by atoms with van der Waals surface area (Å²) in [6.07, 6.45) is -0.710. The van der Waals surface area contributed by atoms with Crippen molar-refractivity contribution in [3.63, 3.8) is 0 Å². The zero-order chi connectivity index (χ0) is 14.5. The third-order valence-corrected chi connectivity index (χ3v) is 3.51. The molecule has 0 bridgehead atoms. The molecule has 7 nitrogen and oxygen atoms in total. The lowest BCUT2D eigenvalue weighted by Gasteiger charge is -2.24. The molecule has 3 rings (SSSR count). The van der Waals surface area contributed by atoms with E-state index >= 15 is 0 Å². The summed E-state index contributed by atoms with van der Waals surface area (Å²) in [5.74, 6) is -0.894. The fourth-order valence-electron chi connectivity index (χ4n) is 2.72. The molecule has 0 unspecified atom stereocenters. The fourth-order valence-corrected chi connectivity index (χ4v) is 2.72. The van der Waals surface area contributed by atoms with Gasteiger partial charge < -0.3 is 24.4 Å². The normalized spacial score (nSPS) is 35.1. The summed E-state index contributed by atoms with van der Waals surface area (Å²) in [7, 11) is 0. The number of hydrogen-bond acceptors (Lipinski definition) is 6. The van der Waals surface area contributed by atoms with Gasteiger partial charge in [-0.15, -0.1) is 0 Å². The molecule has 1 aromatic heterocycles. The van der Waals surface area contributed by atoms with Crippen LogP contribution in [0.15, 0.2) is 23.1 Å². The first-order valence-electron chi connectivity index (χ1n) is 6.44. The molecule has 0 amide bonds. The number of aromatic hydroxyl groups is 1. The molecule has 2 aliphatic rings. The summed E-state index contributed by atoms with van der Waals surface area (Å²) in [6.45, 7) is 3.33. The van der Waals surface area contributed by atoms with E-state index in [-0.39, 0.29) is 12.4 Å². The van der Waals surface area contributed by atoms with Crippen LogP contribution in [0.4, 0.5) is 0 Å². The maximum absolute atomic E-state index is 11.9. The van der Waals surface area contributed by atoms with Gasteiger partial charge in [-0.3, -0.25) is 9.36 Å². The predicted octanol–water partition coefficient (Wildman–Crippen LogP) is -0.0363. The highest BCUT2D eigenvalue weighted by atomic mass is 16.8. The topological polar surface area (TPSA) is 90.2 Å². The Hall–Kier alpha value is -1.41. The molecule has 0 saturated carbocycles. The van der Waals surface area contributed by atoms with Gasteiger partial charge in [-0.1, -0.05) is 0 Å². The van der Waals surface area contributed by atoms with Crippen molar-refractivity contribution in [2.75, 3.05) is 6.61 Å². The van der Waals surface area contributed by atoms with E-state index in [9.17, 15) is 15.0 Å². The maximum Gasteiger partial charge on any atom is 0.256 e. The van der Waals surface area contributed by atoms with Crippen LogP contribution >= 0.6 is 0 Å². The fraction of sp³-hybridized carbons (Fsp3) is 0.615. The van der Waals surface area contributed by atoms with Crippen LogP contribution in [0.1, 0.15) is 20.1 Å². The van der Waals surface area contributed by atoms with Crippen molar-refractivity contribution in [1.82, 2.24) is 4.57 Å². The first kappa shape index (κ1) is 13.6. The lowest BCUT2D eigenvalue weighted by atomic mass is 10.1. The van der Waals surface area contributed by atoms with Gasteiger partial charge in [0.05, 0.1) is 6.61 Å². The Bertz CT molecular complexity index is 568. The van der Waals surface area contributed by atoms with E-state index in [1.54, 1.807) is 13.8 Å². The highest BCUT2D eigenvalue weighted by Crippen LogP contribution is 2.42. The Morgan fingerprint density at radius 3 is 2.70 bits per heavy atom. The van der Waals surface area contributed by atoms with E-state index in [4.69, 9.17) is 14.2 Å². The summed E-state index contributed by atoms with van der Waals surface area (Å²) in [6, 6.07) is 2.50. The molecule has 7 heteroatoms. The zero-order valence-corrected chi connectivity index (χ0v) is 11.2. The van der Waals surface area contributed by atoms with E-state index in [0.29, 0.717) is 0 Å². The molecule has 3 heterocycles. The van der Waals surface area contributed by atoms with Crippen molar-refractivity contribution in [2.24, 2.45) is 0 Å². The predicted molar refractivity (Wildman–Crippen MR) is 67.2 cm³/mol. The molecule has 1 aromatic rings. The van der Waals surface area contributed by atoms with Crippen LogP contribution in [0.3, 0.4) is 0 Å². The van der Waals surface area contributed by atoms with Crippen molar-refractivity contribution >= 4 is 0 Å². The molecule has 20 heavy (non-hydrogen) atoms. The second-order valence-electron chi connectivity index (χ2n) is 5.44. The number of nitrogens with zero attached hydrogens (tertiary/aromatic N) is 1. The molecule has 0 aliphatic carbocycles. The molecule has 0 aromatic carbocycles. The second kappa shape index (κ2) is 4.56. The van der Waals surface area contributed by atoms with Crippen molar-refractivity contribution < 1.29 is 24.4 Å². The number of aliphatic hydroxyl groups excluding tert-OH is 1. The smallest absolute Gasteiger partial charge is 0.256 e. The monoisotopic (exact) mass is 283 g/mol. The maximum atomic E-state index is 11.9. The highest BCUT2D eigenvalue weighted by Gasteiger charge is 2.55. The first-order chi connectivity index (χ1) is 9.41. The summed E-state index contributed by atoms with van der Waals surface area (Å²) in [5.41, 5.74) is -0.402. The number of pyridine rings is 1. The van der Waals surface area contributed by atoms with Gasteiger partial charge in [0.2, 0.25) is 0 Å². The number of rotatable bonds is 2. The van der Waals surface area contributed by atoms with E-state index in [2.05, 4.69) is 0 Å². The van der Waals surface area contributed by atoms with Crippen LogP contribution in [-0.2, 0) is 14.2 Å². The Morgan fingerprint density at radius 1 is 1.35 bits per heavy atom. The average Bonchev–Trinajstić information content (AvgIpc) is 2.83. The number of hydrogen-bond donors (Lipinski definition) is 2. The lowest BCUT2D eigenvalue weighted by Crippen LogP contribution is -2.33. The number of aliphatic hydroxyl groups is 1. The van der Waals surface area contributed by atoms with Gasteiger partial charge in [-0.2, -0.15) is 0 Å². The summed E-state index contributed by atoms with van der Waals surface area (Å²) in [5, 5.41) is 18.7. The van der Waals surface area contributed by atoms with E-state index in [1.807, 2.05) is 0 Å². The first-order valence-corrected chi connectivity index (χ1v) is 6.44. The molecule has 0 spiro atoms. The Kier molecular flexibility index (Phi) is 3.09. The summed E-state index contributed by atoms with van der Waals surface area (Å²) in [4.78, 5) is 11.9. The van der Waals surface area contributed by atoms with Crippen molar-refractivity contribution in [3.05, 3.63) is 28.7 Å². The van der Waals surface area contributed by atoms with Crippen LogP contribution in [0, 0.1) is 0 Å². The standard InChI is InChI=1S/C13H17NO6/c1-13(2)19-10-8(6-15)18-12(11(10)20-13)14-4-3-7(16)5-9(14)17/h3-5,8,10-12,15-16H,6H2,1-2H3/t8-,10-,11-,12-/m1/s1. The summed E-state index contributed by atoms with van der Waals surface area (Å²) >= 11 is 0. The van der Waals surface area contributed by atoms with Gasteiger partial charge in [-0.25, -0.2) is 0 Å². The quantitative estimate of drug-likeness (QED) is 0.792. The number of ether oxygens (including phenoxy) is 3. The van der Waals surface area contributed by atoms with Gasteiger partial charge in [0, 0.05) is 12.3 Å². The highest BCUT2D eigenvalue weighted by molar-refractivity contribution is 5.16. The molecular formula is C13H17NO6. The largest absolute Gasteiger partial charge is 0.508 e. The zero-order valence-electron chi connectivity index (χ0n) is 11.2.